The molecule has 2 aromatic rings. The smallest absolute Gasteiger partial charge is 0.232 e. The number of aliphatic hydroxyl groups is 1. The van der Waals surface area contributed by atoms with Crippen molar-refractivity contribution in [2.75, 3.05) is 63.9 Å². The maximum absolute atomic E-state index is 10.7. The Morgan fingerprint density at radius 1 is 1.09 bits per heavy atom. The molecule has 1 aromatic heterocycles. The minimum atomic E-state index is -0.388. The van der Waals surface area contributed by atoms with Gasteiger partial charge in [-0.25, -0.2) is 0 Å². The third kappa shape index (κ3) is 6.92. The molecule has 4 rings (SSSR count). The number of aliphatic hydroxyl groups excluding tert-OH is 1. The molecular weight excluding hydrogens is 428 g/mol. The fourth-order valence-corrected chi connectivity index (χ4v) is 4.88. The van der Waals surface area contributed by atoms with Gasteiger partial charge in [-0.05, 0) is 32.1 Å². The van der Waals surface area contributed by atoms with Crippen molar-refractivity contribution >= 4 is 5.88 Å². The molecule has 1 atom stereocenters. The van der Waals surface area contributed by atoms with Crippen LogP contribution < -0.4 is 4.90 Å². The van der Waals surface area contributed by atoms with Gasteiger partial charge in [-0.2, -0.15) is 0 Å². The van der Waals surface area contributed by atoms with Crippen LogP contribution in [0.1, 0.15) is 37.7 Å². The van der Waals surface area contributed by atoms with Crippen molar-refractivity contribution in [1.82, 2.24) is 15.0 Å². The van der Waals surface area contributed by atoms with Gasteiger partial charge in [-0.1, -0.05) is 41.6 Å². The lowest BCUT2D eigenvalue weighted by Gasteiger charge is -2.32. The van der Waals surface area contributed by atoms with Gasteiger partial charge in [0.2, 0.25) is 5.88 Å². The van der Waals surface area contributed by atoms with Crippen molar-refractivity contribution in [2.24, 2.45) is 0 Å². The van der Waals surface area contributed by atoms with Gasteiger partial charge in [0, 0.05) is 57.9 Å². The predicted octanol–water partition coefficient (Wildman–Crippen LogP) is 3.79. The lowest BCUT2D eigenvalue weighted by molar-refractivity contribution is 0.0288. The maximum Gasteiger partial charge on any atom is 0.232 e. The number of allylic oxidation sites excluding steroid dienone is 1. The molecule has 0 bridgehead atoms. The number of morpholine rings is 1. The van der Waals surface area contributed by atoms with E-state index in [0.717, 1.165) is 88.0 Å². The number of piperidine rings is 1. The highest BCUT2D eigenvalue weighted by atomic mass is 16.5. The zero-order chi connectivity index (χ0) is 23.6. The standard InChI is InChI=1S/C27H40N4O3/c1-2-3-12-24(32)21-30(16-15-29-17-19-33-20-18-29)22-25-26(23-10-6-4-7-11-23)28-34-27(25)31-13-8-5-9-14-31/h2,4,6-7,10-11,24,32H,1,3,5,8-9,12-22H2. The summed E-state index contributed by atoms with van der Waals surface area (Å²) in [7, 11) is 0. The Bertz CT molecular complexity index is 860. The van der Waals surface area contributed by atoms with Gasteiger partial charge in [0.25, 0.3) is 0 Å². The van der Waals surface area contributed by atoms with Gasteiger partial charge in [0.05, 0.1) is 24.9 Å². The van der Waals surface area contributed by atoms with Crippen LogP contribution in [0.25, 0.3) is 11.3 Å². The highest BCUT2D eigenvalue weighted by Gasteiger charge is 2.26. The normalized spacial score (nSPS) is 18.4. The third-order valence-corrected chi connectivity index (χ3v) is 6.85. The van der Waals surface area contributed by atoms with E-state index in [1.54, 1.807) is 0 Å². The highest BCUT2D eigenvalue weighted by molar-refractivity contribution is 5.68. The second-order valence-electron chi connectivity index (χ2n) is 9.44. The van der Waals surface area contributed by atoms with Crippen LogP contribution in [0, 0.1) is 0 Å². The second kappa shape index (κ2) is 13.0. The molecule has 0 amide bonds. The van der Waals surface area contributed by atoms with Crippen molar-refractivity contribution in [3.05, 3.63) is 48.6 Å². The number of ether oxygens (including phenoxy) is 1. The van der Waals surface area contributed by atoms with E-state index in [1.807, 2.05) is 24.3 Å². The molecule has 0 spiro atoms. The first-order valence-corrected chi connectivity index (χ1v) is 12.8. The minimum Gasteiger partial charge on any atom is -0.392 e. The fraction of sp³-hybridized carbons (Fsp3) is 0.593. The molecule has 34 heavy (non-hydrogen) atoms. The lowest BCUT2D eigenvalue weighted by atomic mass is 10.0. The molecule has 2 aliphatic rings. The zero-order valence-corrected chi connectivity index (χ0v) is 20.4. The van der Waals surface area contributed by atoms with Gasteiger partial charge < -0.3 is 19.3 Å². The molecule has 1 unspecified atom stereocenters. The SMILES string of the molecule is C=CCCC(O)CN(CCN1CCOCC1)Cc1c(-c2ccccc2)noc1N1CCCCC1. The molecule has 7 heteroatoms. The van der Waals surface area contributed by atoms with Crippen molar-refractivity contribution in [3.63, 3.8) is 0 Å². The van der Waals surface area contributed by atoms with Gasteiger partial charge in [0.15, 0.2) is 0 Å². The summed E-state index contributed by atoms with van der Waals surface area (Å²) >= 11 is 0. The number of benzene rings is 1. The Kier molecular flexibility index (Phi) is 9.56. The molecule has 186 valence electrons. The Morgan fingerprint density at radius 3 is 2.59 bits per heavy atom. The molecule has 7 nitrogen and oxygen atoms in total. The van der Waals surface area contributed by atoms with Crippen LogP contribution in [0.2, 0.25) is 0 Å². The number of nitrogens with zero attached hydrogens (tertiary/aromatic N) is 4. The van der Waals surface area contributed by atoms with Crippen LogP contribution in [-0.4, -0.2) is 85.2 Å². The van der Waals surface area contributed by atoms with Crippen molar-refractivity contribution in [3.8, 4) is 11.3 Å². The lowest BCUT2D eigenvalue weighted by Crippen LogP contribution is -2.43. The summed E-state index contributed by atoms with van der Waals surface area (Å²) in [4.78, 5) is 7.17. The number of hydrogen-bond donors (Lipinski definition) is 1. The van der Waals surface area contributed by atoms with Gasteiger partial charge in [-0.3, -0.25) is 9.80 Å². The number of hydrogen-bond acceptors (Lipinski definition) is 7. The monoisotopic (exact) mass is 468 g/mol. The maximum atomic E-state index is 10.7. The summed E-state index contributed by atoms with van der Waals surface area (Å²) in [6.45, 7) is 12.5. The molecular formula is C27H40N4O3. The van der Waals surface area contributed by atoms with Crippen molar-refractivity contribution < 1.29 is 14.4 Å². The van der Waals surface area contributed by atoms with Crippen LogP contribution >= 0.6 is 0 Å². The van der Waals surface area contributed by atoms with Crippen LogP contribution in [0.3, 0.4) is 0 Å². The quantitative estimate of drug-likeness (QED) is 0.476. The summed E-state index contributed by atoms with van der Waals surface area (Å²) in [6, 6.07) is 10.3. The topological polar surface area (TPSA) is 65.2 Å². The van der Waals surface area contributed by atoms with Gasteiger partial charge >= 0.3 is 0 Å². The van der Waals surface area contributed by atoms with Crippen LogP contribution in [0.4, 0.5) is 5.88 Å². The summed E-state index contributed by atoms with van der Waals surface area (Å²) in [6.07, 6.45) is 6.67. The summed E-state index contributed by atoms with van der Waals surface area (Å²) in [5.41, 5.74) is 3.12. The van der Waals surface area contributed by atoms with E-state index in [0.29, 0.717) is 13.1 Å². The van der Waals surface area contributed by atoms with Crippen molar-refractivity contribution in [1.29, 1.82) is 0 Å². The number of rotatable bonds is 12. The molecule has 2 fully saturated rings. The van der Waals surface area contributed by atoms with Crippen LogP contribution in [-0.2, 0) is 11.3 Å². The van der Waals surface area contributed by atoms with E-state index in [4.69, 9.17) is 9.26 Å². The van der Waals surface area contributed by atoms with E-state index >= 15 is 0 Å². The average Bonchev–Trinajstić information content (AvgIpc) is 3.31. The summed E-state index contributed by atoms with van der Waals surface area (Å²) in [5, 5.41) is 15.3. The summed E-state index contributed by atoms with van der Waals surface area (Å²) in [5.74, 6) is 0.899. The summed E-state index contributed by atoms with van der Waals surface area (Å²) < 4.78 is 11.5. The molecule has 0 radical (unpaired) electrons. The second-order valence-corrected chi connectivity index (χ2v) is 9.44. The van der Waals surface area contributed by atoms with Crippen LogP contribution in [0.15, 0.2) is 47.5 Å². The number of anilines is 1. The number of aromatic nitrogens is 1. The first-order chi connectivity index (χ1) is 16.7. The van der Waals surface area contributed by atoms with Crippen LogP contribution in [0.5, 0.6) is 0 Å². The third-order valence-electron chi connectivity index (χ3n) is 6.85. The van der Waals surface area contributed by atoms with Crippen molar-refractivity contribution in [2.45, 2.75) is 44.8 Å². The molecule has 0 aliphatic carbocycles. The molecule has 2 saturated heterocycles. The molecule has 2 aliphatic heterocycles. The molecule has 1 aromatic carbocycles. The minimum absolute atomic E-state index is 0.388. The first kappa shape index (κ1) is 24.9. The Labute approximate surface area is 204 Å². The van der Waals surface area contributed by atoms with E-state index < -0.39 is 0 Å². The van der Waals surface area contributed by atoms with E-state index in [9.17, 15) is 5.11 Å². The predicted molar refractivity (Wildman–Crippen MR) is 136 cm³/mol. The first-order valence-electron chi connectivity index (χ1n) is 12.8. The molecule has 1 N–H and O–H groups in total. The average molecular weight is 469 g/mol. The van der Waals surface area contributed by atoms with E-state index in [-0.39, 0.29) is 6.10 Å². The fourth-order valence-electron chi connectivity index (χ4n) is 4.88. The van der Waals surface area contributed by atoms with Gasteiger partial charge in [0.1, 0.15) is 5.69 Å². The molecule has 3 heterocycles. The van der Waals surface area contributed by atoms with E-state index in [1.165, 1.54) is 19.3 Å². The van der Waals surface area contributed by atoms with Gasteiger partial charge in [-0.15, -0.1) is 6.58 Å². The Hall–Kier alpha value is -2.19. The Morgan fingerprint density at radius 2 is 1.85 bits per heavy atom. The highest BCUT2D eigenvalue weighted by Crippen LogP contribution is 2.34. The largest absolute Gasteiger partial charge is 0.392 e. The van der Waals surface area contributed by atoms with E-state index in [2.05, 4.69) is 38.6 Å². The molecule has 0 saturated carbocycles. The Balaban J connectivity index is 1.56. The zero-order valence-electron chi connectivity index (χ0n) is 20.4.